The van der Waals surface area contributed by atoms with Crippen LogP contribution in [0.4, 0.5) is 5.69 Å². The normalized spacial score (nSPS) is 12.8. The summed E-state index contributed by atoms with van der Waals surface area (Å²) in [4.78, 5) is 21.3. The number of ether oxygens (including phenoxy) is 1. The van der Waals surface area contributed by atoms with Crippen LogP contribution in [-0.2, 0) is 4.79 Å². The van der Waals surface area contributed by atoms with E-state index in [2.05, 4.69) is 0 Å². The zero-order chi connectivity index (χ0) is 14.8. The van der Waals surface area contributed by atoms with E-state index in [-0.39, 0.29) is 5.69 Å². The summed E-state index contributed by atoms with van der Waals surface area (Å²) in [6.45, 7) is 5.26. The molecule has 0 aliphatic heterocycles. The molecule has 19 heavy (non-hydrogen) atoms. The molecule has 1 N–H and O–H groups in total. The molecule has 7 heteroatoms. The smallest absolute Gasteiger partial charge is 0.345 e. The van der Waals surface area contributed by atoms with Crippen molar-refractivity contribution >= 4 is 34.2 Å². The molecule has 0 radical (unpaired) electrons. The fourth-order valence-corrected chi connectivity index (χ4v) is 2.05. The number of rotatable bonds is 4. The third kappa shape index (κ3) is 4.05. The minimum absolute atomic E-state index is 0.0561. The SMILES string of the molecule is CC(C)(C)C(Oc1ccc([N+](=O)[O-])cc1I)C(=O)O. The number of carbonyl (C=O) groups is 1. The molecule has 0 bridgehead atoms. The molecule has 0 spiro atoms. The van der Waals surface area contributed by atoms with Crippen molar-refractivity contribution in [2.75, 3.05) is 0 Å². The van der Waals surface area contributed by atoms with Crippen LogP contribution in [0.2, 0.25) is 0 Å². The molecule has 0 aliphatic rings. The van der Waals surface area contributed by atoms with Crippen LogP contribution in [-0.4, -0.2) is 22.1 Å². The van der Waals surface area contributed by atoms with Gasteiger partial charge in [0.25, 0.3) is 5.69 Å². The van der Waals surface area contributed by atoms with E-state index in [1.54, 1.807) is 20.8 Å². The summed E-state index contributed by atoms with van der Waals surface area (Å²) in [5.74, 6) is -0.741. The molecule has 1 unspecified atom stereocenters. The second kappa shape index (κ2) is 5.72. The van der Waals surface area contributed by atoms with Crippen LogP contribution in [0.15, 0.2) is 18.2 Å². The molecule has 0 heterocycles. The Kier molecular flexibility index (Phi) is 4.72. The fourth-order valence-electron chi connectivity index (χ4n) is 1.42. The first-order chi connectivity index (χ1) is 8.62. The van der Waals surface area contributed by atoms with Gasteiger partial charge in [0, 0.05) is 17.5 Å². The predicted octanol–water partition coefficient (Wildman–Crippen LogP) is 3.08. The summed E-state index contributed by atoms with van der Waals surface area (Å²) in [5.41, 5.74) is -0.643. The van der Waals surface area contributed by atoms with E-state index in [1.807, 2.05) is 22.6 Å². The molecule has 6 nitrogen and oxygen atoms in total. The van der Waals surface area contributed by atoms with Gasteiger partial charge in [-0.05, 0) is 28.7 Å². The summed E-state index contributed by atoms with van der Waals surface area (Å²) >= 11 is 1.88. The molecule has 1 aromatic carbocycles. The largest absolute Gasteiger partial charge is 0.478 e. The van der Waals surface area contributed by atoms with E-state index >= 15 is 0 Å². The van der Waals surface area contributed by atoms with Gasteiger partial charge in [-0.1, -0.05) is 20.8 Å². The second-order valence-corrected chi connectivity index (χ2v) is 6.24. The molecule has 1 rings (SSSR count). The van der Waals surface area contributed by atoms with Gasteiger partial charge < -0.3 is 9.84 Å². The van der Waals surface area contributed by atoms with Gasteiger partial charge in [0.15, 0.2) is 6.10 Å². The Morgan fingerprint density at radius 2 is 2.05 bits per heavy atom. The van der Waals surface area contributed by atoms with Crippen molar-refractivity contribution in [1.29, 1.82) is 0 Å². The summed E-state index contributed by atoms with van der Waals surface area (Å²) in [5, 5.41) is 19.8. The number of carboxylic acid groups (broad SMARTS) is 1. The van der Waals surface area contributed by atoms with E-state index < -0.39 is 22.4 Å². The van der Waals surface area contributed by atoms with Crippen LogP contribution in [0, 0.1) is 19.1 Å². The van der Waals surface area contributed by atoms with Gasteiger partial charge in [-0.25, -0.2) is 4.79 Å². The van der Waals surface area contributed by atoms with Crippen LogP contribution in [0.1, 0.15) is 20.8 Å². The van der Waals surface area contributed by atoms with Gasteiger partial charge >= 0.3 is 5.97 Å². The van der Waals surface area contributed by atoms with E-state index in [0.717, 1.165) is 0 Å². The average molecular weight is 379 g/mol. The molecule has 0 saturated heterocycles. The highest BCUT2D eigenvalue weighted by molar-refractivity contribution is 14.1. The fraction of sp³-hybridized carbons (Fsp3) is 0.417. The number of nitro benzene ring substituents is 1. The number of benzene rings is 1. The Bertz CT molecular complexity index is 509. The number of halogens is 1. The number of non-ortho nitro benzene ring substituents is 1. The first kappa shape index (κ1) is 15.7. The van der Waals surface area contributed by atoms with Crippen molar-refractivity contribution in [2.24, 2.45) is 5.41 Å². The predicted molar refractivity (Wildman–Crippen MR) is 77.3 cm³/mol. The first-order valence-corrected chi connectivity index (χ1v) is 6.54. The highest BCUT2D eigenvalue weighted by Gasteiger charge is 2.33. The minimum Gasteiger partial charge on any atom is -0.478 e. The number of hydrogen-bond acceptors (Lipinski definition) is 4. The van der Waals surface area contributed by atoms with Gasteiger partial charge in [-0.2, -0.15) is 0 Å². The van der Waals surface area contributed by atoms with Gasteiger partial charge in [0.05, 0.1) is 8.49 Å². The average Bonchev–Trinajstić information content (AvgIpc) is 2.24. The van der Waals surface area contributed by atoms with Crippen molar-refractivity contribution in [3.05, 3.63) is 31.9 Å². The molecule has 0 saturated carbocycles. The quantitative estimate of drug-likeness (QED) is 0.493. The lowest BCUT2D eigenvalue weighted by molar-refractivity contribution is -0.385. The zero-order valence-corrected chi connectivity index (χ0v) is 12.9. The van der Waals surface area contributed by atoms with Crippen LogP contribution in [0.5, 0.6) is 5.75 Å². The Labute approximate surface area is 124 Å². The third-order valence-corrected chi connectivity index (χ3v) is 3.22. The maximum atomic E-state index is 11.2. The van der Waals surface area contributed by atoms with Crippen molar-refractivity contribution in [2.45, 2.75) is 26.9 Å². The third-order valence-electron chi connectivity index (χ3n) is 2.38. The maximum absolute atomic E-state index is 11.2. The Hall–Kier alpha value is -1.38. The lowest BCUT2D eigenvalue weighted by Crippen LogP contribution is -2.39. The van der Waals surface area contributed by atoms with Gasteiger partial charge in [-0.3, -0.25) is 10.1 Å². The van der Waals surface area contributed by atoms with Crippen LogP contribution in [0.3, 0.4) is 0 Å². The zero-order valence-electron chi connectivity index (χ0n) is 10.7. The maximum Gasteiger partial charge on any atom is 0.345 e. The number of aliphatic carboxylic acids is 1. The monoisotopic (exact) mass is 379 g/mol. The van der Waals surface area contributed by atoms with Crippen molar-refractivity contribution in [3.8, 4) is 5.75 Å². The number of hydrogen-bond donors (Lipinski definition) is 1. The van der Waals surface area contributed by atoms with Gasteiger partial charge in [0.2, 0.25) is 0 Å². The van der Waals surface area contributed by atoms with Crippen LogP contribution < -0.4 is 4.74 Å². The Morgan fingerprint density at radius 1 is 1.47 bits per heavy atom. The highest BCUT2D eigenvalue weighted by atomic mass is 127. The van der Waals surface area contributed by atoms with E-state index in [0.29, 0.717) is 9.32 Å². The number of nitro groups is 1. The molecule has 104 valence electrons. The van der Waals surface area contributed by atoms with E-state index in [4.69, 9.17) is 9.84 Å². The Balaban J connectivity index is 3.05. The molecule has 0 fully saturated rings. The van der Waals surface area contributed by atoms with Crippen LogP contribution in [0.25, 0.3) is 0 Å². The van der Waals surface area contributed by atoms with Crippen molar-refractivity contribution in [3.63, 3.8) is 0 Å². The molecular weight excluding hydrogens is 365 g/mol. The van der Waals surface area contributed by atoms with Crippen molar-refractivity contribution in [1.82, 2.24) is 0 Å². The molecule has 0 aliphatic carbocycles. The lowest BCUT2D eigenvalue weighted by atomic mass is 9.89. The summed E-state index contributed by atoms with van der Waals surface area (Å²) in [6, 6.07) is 4.05. The van der Waals surface area contributed by atoms with E-state index in [1.165, 1.54) is 18.2 Å². The Morgan fingerprint density at radius 3 is 2.42 bits per heavy atom. The summed E-state index contributed by atoms with van der Waals surface area (Å²) < 4.78 is 5.98. The second-order valence-electron chi connectivity index (χ2n) is 5.07. The topological polar surface area (TPSA) is 89.7 Å². The van der Waals surface area contributed by atoms with Crippen LogP contribution >= 0.6 is 22.6 Å². The first-order valence-electron chi connectivity index (χ1n) is 5.46. The molecule has 0 amide bonds. The summed E-state index contributed by atoms with van der Waals surface area (Å²) in [7, 11) is 0. The molecule has 0 aromatic heterocycles. The van der Waals surface area contributed by atoms with Gasteiger partial charge in [-0.15, -0.1) is 0 Å². The summed E-state index contributed by atoms with van der Waals surface area (Å²) in [6.07, 6.45) is -1.03. The van der Waals surface area contributed by atoms with E-state index in [9.17, 15) is 14.9 Å². The molecule has 1 atom stereocenters. The van der Waals surface area contributed by atoms with Crippen molar-refractivity contribution < 1.29 is 19.6 Å². The molecule has 1 aromatic rings. The number of nitrogens with zero attached hydrogens (tertiary/aromatic N) is 1. The number of carboxylic acids is 1. The minimum atomic E-state index is -1.07. The molecular formula is C12H14INO5. The lowest BCUT2D eigenvalue weighted by Gasteiger charge is -2.27. The highest BCUT2D eigenvalue weighted by Crippen LogP contribution is 2.30. The van der Waals surface area contributed by atoms with Gasteiger partial charge in [0.1, 0.15) is 5.75 Å². The standard InChI is InChI=1S/C12H14INO5/c1-12(2,3)10(11(15)16)19-9-5-4-7(14(17)18)6-8(9)13/h4-6,10H,1-3H3,(H,15,16).